The lowest BCUT2D eigenvalue weighted by molar-refractivity contribution is 0.162. The van der Waals surface area contributed by atoms with Gasteiger partial charge in [-0.1, -0.05) is 11.6 Å². The van der Waals surface area contributed by atoms with Crippen LogP contribution < -0.4 is 10.1 Å². The Morgan fingerprint density at radius 2 is 2.37 bits per heavy atom. The highest BCUT2D eigenvalue weighted by molar-refractivity contribution is 6.32. The molecule has 1 aliphatic rings. The summed E-state index contributed by atoms with van der Waals surface area (Å²) in [6.07, 6.45) is 2.44. The monoisotopic (exact) mass is 286 g/mol. The Morgan fingerprint density at radius 1 is 1.53 bits per heavy atom. The number of likely N-dealkylation sites (tertiary alicyclic amines) is 1. The van der Waals surface area contributed by atoms with E-state index in [2.05, 4.69) is 10.2 Å². The number of halogens is 2. The van der Waals surface area contributed by atoms with Crippen LogP contribution in [0.5, 0.6) is 5.75 Å². The summed E-state index contributed by atoms with van der Waals surface area (Å²) < 4.78 is 18.5. The van der Waals surface area contributed by atoms with Crippen LogP contribution in [-0.4, -0.2) is 44.2 Å². The molecular weight excluding hydrogens is 267 g/mol. The van der Waals surface area contributed by atoms with Crippen molar-refractivity contribution in [3.05, 3.63) is 29.0 Å². The number of hydrogen-bond donors (Lipinski definition) is 1. The number of hydrogen-bond acceptors (Lipinski definition) is 3. The first kappa shape index (κ1) is 14.6. The molecule has 2 rings (SSSR count). The summed E-state index contributed by atoms with van der Waals surface area (Å²) in [5.74, 6) is 0.204. The number of benzene rings is 1. The van der Waals surface area contributed by atoms with Crippen LogP contribution in [0.25, 0.3) is 0 Å². The number of nitrogens with one attached hydrogen (secondary N) is 1. The van der Waals surface area contributed by atoms with Gasteiger partial charge in [-0.15, -0.1) is 0 Å². The van der Waals surface area contributed by atoms with Gasteiger partial charge in [-0.3, -0.25) is 4.90 Å². The van der Waals surface area contributed by atoms with Crippen molar-refractivity contribution in [2.75, 3.05) is 33.3 Å². The fourth-order valence-electron chi connectivity index (χ4n) is 2.37. The Hall–Kier alpha value is -0.840. The molecule has 1 atom stereocenters. The summed E-state index contributed by atoms with van der Waals surface area (Å²) in [5, 5.41) is 3.64. The second kappa shape index (κ2) is 7.08. The standard InChI is InChI=1S/C14H20ClFN2O/c1-17-12-3-2-6-18(10-12)7-8-19-14-5-4-11(16)9-13(14)15/h4-5,9,12,17H,2-3,6-8,10H2,1H3. The second-order valence-electron chi connectivity index (χ2n) is 4.85. The first-order chi connectivity index (χ1) is 9.19. The predicted octanol–water partition coefficient (Wildman–Crippen LogP) is 2.54. The van der Waals surface area contributed by atoms with Gasteiger partial charge in [0.15, 0.2) is 0 Å². The van der Waals surface area contributed by atoms with Crippen LogP contribution in [0.1, 0.15) is 12.8 Å². The van der Waals surface area contributed by atoms with E-state index >= 15 is 0 Å². The molecule has 0 radical (unpaired) electrons. The molecule has 0 saturated carbocycles. The molecule has 1 saturated heterocycles. The molecule has 1 aromatic carbocycles. The zero-order chi connectivity index (χ0) is 13.7. The highest BCUT2D eigenvalue weighted by Crippen LogP contribution is 2.24. The quantitative estimate of drug-likeness (QED) is 0.900. The first-order valence-corrected chi connectivity index (χ1v) is 7.04. The van der Waals surface area contributed by atoms with Gasteiger partial charge in [0.05, 0.1) is 5.02 Å². The van der Waals surface area contributed by atoms with E-state index in [4.69, 9.17) is 16.3 Å². The molecule has 5 heteroatoms. The van der Waals surface area contributed by atoms with Gasteiger partial charge in [0, 0.05) is 19.1 Å². The maximum atomic E-state index is 12.9. The summed E-state index contributed by atoms with van der Waals surface area (Å²) in [4.78, 5) is 2.38. The van der Waals surface area contributed by atoms with E-state index in [1.54, 1.807) is 6.07 Å². The predicted molar refractivity (Wildman–Crippen MR) is 75.4 cm³/mol. The van der Waals surface area contributed by atoms with Crippen molar-refractivity contribution in [2.24, 2.45) is 0 Å². The van der Waals surface area contributed by atoms with Crippen molar-refractivity contribution in [1.82, 2.24) is 10.2 Å². The average molecular weight is 287 g/mol. The lowest BCUT2D eigenvalue weighted by Crippen LogP contribution is -2.45. The molecular formula is C14H20ClFN2O. The molecule has 0 bridgehead atoms. The van der Waals surface area contributed by atoms with Crippen molar-refractivity contribution in [2.45, 2.75) is 18.9 Å². The lowest BCUT2D eigenvalue weighted by Gasteiger charge is -2.32. The number of ether oxygens (including phenoxy) is 1. The molecule has 0 amide bonds. The molecule has 106 valence electrons. The Bertz CT molecular complexity index is 416. The average Bonchev–Trinajstić information content (AvgIpc) is 2.41. The van der Waals surface area contributed by atoms with E-state index in [-0.39, 0.29) is 5.82 Å². The van der Waals surface area contributed by atoms with Crippen LogP contribution in [-0.2, 0) is 0 Å². The van der Waals surface area contributed by atoms with Crippen molar-refractivity contribution in [3.8, 4) is 5.75 Å². The van der Waals surface area contributed by atoms with Crippen LogP contribution in [0.4, 0.5) is 4.39 Å². The van der Waals surface area contributed by atoms with Gasteiger partial charge in [0.1, 0.15) is 18.2 Å². The Balaban J connectivity index is 1.76. The number of piperidine rings is 1. The lowest BCUT2D eigenvalue weighted by atomic mass is 10.1. The molecule has 1 N–H and O–H groups in total. The first-order valence-electron chi connectivity index (χ1n) is 6.66. The highest BCUT2D eigenvalue weighted by Gasteiger charge is 2.17. The van der Waals surface area contributed by atoms with Crippen LogP contribution in [0, 0.1) is 5.82 Å². The molecule has 1 aliphatic heterocycles. The fraction of sp³-hybridized carbons (Fsp3) is 0.571. The normalized spacial score (nSPS) is 20.5. The zero-order valence-electron chi connectivity index (χ0n) is 11.2. The van der Waals surface area contributed by atoms with Gasteiger partial charge >= 0.3 is 0 Å². The van der Waals surface area contributed by atoms with Gasteiger partial charge < -0.3 is 10.1 Å². The number of nitrogens with zero attached hydrogens (tertiary/aromatic N) is 1. The number of rotatable bonds is 5. The molecule has 0 spiro atoms. The summed E-state index contributed by atoms with van der Waals surface area (Å²) in [7, 11) is 2.00. The van der Waals surface area contributed by atoms with Gasteiger partial charge in [-0.05, 0) is 44.6 Å². The van der Waals surface area contributed by atoms with Crippen molar-refractivity contribution >= 4 is 11.6 Å². The summed E-state index contributed by atoms with van der Waals surface area (Å²) >= 11 is 5.91. The van der Waals surface area contributed by atoms with Crippen molar-refractivity contribution in [1.29, 1.82) is 0 Å². The third-order valence-electron chi connectivity index (χ3n) is 3.47. The van der Waals surface area contributed by atoms with Crippen LogP contribution >= 0.6 is 11.6 Å². The van der Waals surface area contributed by atoms with E-state index in [0.29, 0.717) is 23.4 Å². The van der Waals surface area contributed by atoms with Gasteiger partial charge in [-0.2, -0.15) is 0 Å². The summed E-state index contributed by atoms with van der Waals surface area (Å²) in [6, 6.07) is 4.78. The molecule has 1 fully saturated rings. The minimum Gasteiger partial charge on any atom is -0.491 e. The van der Waals surface area contributed by atoms with Gasteiger partial charge in [-0.25, -0.2) is 4.39 Å². The maximum absolute atomic E-state index is 12.9. The van der Waals surface area contributed by atoms with Gasteiger partial charge in [0.2, 0.25) is 0 Å². The molecule has 1 heterocycles. The van der Waals surface area contributed by atoms with E-state index in [9.17, 15) is 4.39 Å². The third kappa shape index (κ3) is 4.34. The van der Waals surface area contributed by atoms with E-state index in [1.807, 2.05) is 7.05 Å². The largest absolute Gasteiger partial charge is 0.491 e. The van der Waals surface area contributed by atoms with Gasteiger partial charge in [0.25, 0.3) is 0 Å². The van der Waals surface area contributed by atoms with Crippen molar-refractivity contribution in [3.63, 3.8) is 0 Å². The fourth-order valence-corrected chi connectivity index (χ4v) is 2.59. The summed E-state index contributed by atoms with van der Waals surface area (Å²) in [5.41, 5.74) is 0. The smallest absolute Gasteiger partial charge is 0.138 e. The van der Waals surface area contributed by atoms with E-state index < -0.39 is 0 Å². The highest BCUT2D eigenvalue weighted by atomic mass is 35.5. The molecule has 0 aromatic heterocycles. The topological polar surface area (TPSA) is 24.5 Å². The number of likely N-dealkylation sites (N-methyl/N-ethyl adjacent to an activating group) is 1. The molecule has 1 unspecified atom stereocenters. The second-order valence-corrected chi connectivity index (χ2v) is 5.26. The molecule has 19 heavy (non-hydrogen) atoms. The van der Waals surface area contributed by atoms with Crippen LogP contribution in [0.15, 0.2) is 18.2 Å². The van der Waals surface area contributed by atoms with E-state index in [1.165, 1.54) is 25.0 Å². The molecule has 0 aliphatic carbocycles. The Morgan fingerprint density at radius 3 is 3.11 bits per heavy atom. The van der Waals surface area contributed by atoms with Crippen molar-refractivity contribution < 1.29 is 9.13 Å². The molecule has 3 nitrogen and oxygen atoms in total. The summed E-state index contributed by atoms with van der Waals surface area (Å²) in [6.45, 7) is 3.60. The zero-order valence-corrected chi connectivity index (χ0v) is 11.9. The SMILES string of the molecule is CNC1CCCN(CCOc2ccc(F)cc2Cl)C1. The maximum Gasteiger partial charge on any atom is 0.138 e. The Kier molecular flexibility index (Phi) is 5.43. The minimum atomic E-state index is -0.342. The third-order valence-corrected chi connectivity index (χ3v) is 3.77. The Labute approximate surface area is 118 Å². The van der Waals surface area contributed by atoms with Crippen LogP contribution in [0.2, 0.25) is 5.02 Å². The van der Waals surface area contributed by atoms with Crippen LogP contribution in [0.3, 0.4) is 0 Å². The van der Waals surface area contributed by atoms with E-state index in [0.717, 1.165) is 19.6 Å². The molecule has 1 aromatic rings. The minimum absolute atomic E-state index is 0.326.